The summed E-state index contributed by atoms with van der Waals surface area (Å²) in [6, 6.07) is 5.38. The number of pyridine rings is 1. The molecule has 1 N–H and O–H groups in total. The van der Waals surface area contributed by atoms with E-state index in [0.29, 0.717) is 10.5 Å². The van der Waals surface area contributed by atoms with Crippen LogP contribution in [-0.4, -0.2) is 10.1 Å². The maximum atomic E-state index is 10.0. The molecule has 0 spiro atoms. The van der Waals surface area contributed by atoms with Crippen molar-refractivity contribution in [2.45, 2.75) is 71.6 Å². The van der Waals surface area contributed by atoms with Gasteiger partial charge in [-0.05, 0) is 62.8 Å². The molecule has 1 aromatic carbocycles. The number of rotatable bonds is 10. The summed E-state index contributed by atoms with van der Waals surface area (Å²) in [5.41, 5.74) is 2.84. The molecular weight excluding hydrogens is 330 g/mol. The summed E-state index contributed by atoms with van der Waals surface area (Å²) >= 11 is 6.21. The molecule has 0 bridgehead atoms. The number of hydrogen-bond acceptors (Lipinski definition) is 2. The zero-order valence-electron chi connectivity index (χ0n) is 15.5. The first kappa shape index (κ1) is 19.8. The van der Waals surface area contributed by atoms with Crippen LogP contribution in [0.3, 0.4) is 0 Å². The summed E-state index contributed by atoms with van der Waals surface area (Å²) in [5.74, 6) is 0.204. The summed E-state index contributed by atoms with van der Waals surface area (Å²) in [4.78, 5) is 4.67. The molecule has 0 fully saturated rings. The molecule has 2 aromatic rings. The number of nitrogens with zero attached hydrogens (tertiary/aromatic N) is 1. The third kappa shape index (κ3) is 6.04. The van der Waals surface area contributed by atoms with E-state index in [-0.39, 0.29) is 5.75 Å². The van der Waals surface area contributed by atoms with E-state index >= 15 is 0 Å². The SMILES string of the molecule is CCCCC=CCCCCCCc1nc2c(O)ccc(Cl)c2cc1C. The lowest BCUT2D eigenvalue weighted by Crippen LogP contribution is -1.96. The molecule has 0 amide bonds. The van der Waals surface area contributed by atoms with Crippen LogP contribution in [0.5, 0.6) is 5.75 Å². The van der Waals surface area contributed by atoms with Gasteiger partial charge in [0.05, 0.1) is 5.02 Å². The highest BCUT2D eigenvalue weighted by Gasteiger charge is 2.09. The van der Waals surface area contributed by atoms with E-state index in [1.54, 1.807) is 12.1 Å². The second kappa shape index (κ2) is 10.5. The quantitative estimate of drug-likeness (QED) is 0.361. The predicted octanol–water partition coefficient (Wildman–Crippen LogP) is 7.14. The fraction of sp³-hybridized carbons (Fsp3) is 0.500. The minimum atomic E-state index is 0.204. The van der Waals surface area contributed by atoms with Crippen LogP contribution < -0.4 is 0 Å². The molecule has 0 atom stereocenters. The van der Waals surface area contributed by atoms with Crippen molar-refractivity contribution < 1.29 is 5.11 Å². The van der Waals surface area contributed by atoms with Crippen LogP contribution in [0.15, 0.2) is 30.4 Å². The molecule has 25 heavy (non-hydrogen) atoms. The van der Waals surface area contributed by atoms with E-state index in [1.807, 2.05) is 6.07 Å². The van der Waals surface area contributed by atoms with Gasteiger partial charge >= 0.3 is 0 Å². The first-order chi connectivity index (χ1) is 12.1. The van der Waals surface area contributed by atoms with Crippen molar-refractivity contribution in [1.29, 1.82) is 0 Å². The Labute approximate surface area is 156 Å². The number of aryl methyl sites for hydroxylation is 2. The molecule has 1 aromatic heterocycles. The van der Waals surface area contributed by atoms with Crippen LogP contribution in [0.1, 0.15) is 69.5 Å². The van der Waals surface area contributed by atoms with Gasteiger partial charge in [-0.2, -0.15) is 0 Å². The Morgan fingerprint density at radius 2 is 1.76 bits per heavy atom. The number of hydrogen-bond donors (Lipinski definition) is 1. The lowest BCUT2D eigenvalue weighted by molar-refractivity contribution is 0.480. The van der Waals surface area contributed by atoms with Gasteiger partial charge in [-0.3, -0.25) is 0 Å². The van der Waals surface area contributed by atoms with Gasteiger partial charge in [-0.15, -0.1) is 0 Å². The van der Waals surface area contributed by atoms with Crippen molar-refractivity contribution in [2.75, 3.05) is 0 Å². The fourth-order valence-electron chi connectivity index (χ4n) is 3.07. The molecule has 0 radical (unpaired) electrons. The molecule has 136 valence electrons. The topological polar surface area (TPSA) is 33.1 Å². The van der Waals surface area contributed by atoms with Gasteiger partial charge in [-0.1, -0.05) is 56.4 Å². The lowest BCUT2D eigenvalue weighted by Gasteiger charge is -2.09. The van der Waals surface area contributed by atoms with Crippen LogP contribution in [0.25, 0.3) is 10.9 Å². The van der Waals surface area contributed by atoms with E-state index in [2.05, 4.69) is 31.0 Å². The van der Waals surface area contributed by atoms with E-state index in [4.69, 9.17) is 11.6 Å². The Hall–Kier alpha value is -1.54. The van der Waals surface area contributed by atoms with Crippen LogP contribution in [0, 0.1) is 6.92 Å². The predicted molar refractivity (Wildman–Crippen MR) is 109 cm³/mol. The molecule has 3 heteroatoms. The number of unbranched alkanes of at least 4 members (excludes halogenated alkanes) is 6. The number of aromatic nitrogens is 1. The van der Waals surface area contributed by atoms with E-state index in [1.165, 1.54) is 44.9 Å². The van der Waals surface area contributed by atoms with Gasteiger partial charge in [0.1, 0.15) is 11.3 Å². The standard InChI is InChI=1S/C22H30ClNO/c1-3-4-5-6-7-8-9-10-11-12-13-20-17(2)16-18-19(23)14-15-21(25)22(18)24-20/h6-7,14-16,25H,3-5,8-13H2,1-2H3. The highest BCUT2D eigenvalue weighted by atomic mass is 35.5. The van der Waals surface area contributed by atoms with Crippen molar-refractivity contribution >= 4 is 22.5 Å². The molecule has 0 saturated heterocycles. The van der Waals surface area contributed by atoms with Crippen molar-refractivity contribution in [3.05, 3.63) is 46.6 Å². The van der Waals surface area contributed by atoms with E-state index < -0.39 is 0 Å². The summed E-state index contributed by atoms with van der Waals surface area (Å²) in [6.45, 7) is 4.30. The number of phenolic OH excluding ortho intramolecular Hbond substituents is 1. The summed E-state index contributed by atoms with van der Waals surface area (Å²) < 4.78 is 0. The first-order valence-corrected chi connectivity index (χ1v) is 9.94. The minimum absolute atomic E-state index is 0.204. The summed E-state index contributed by atoms with van der Waals surface area (Å²) in [5, 5.41) is 11.5. The zero-order chi connectivity index (χ0) is 18.1. The maximum absolute atomic E-state index is 10.0. The van der Waals surface area contributed by atoms with Gasteiger partial charge < -0.3 is 5.11 Å². The number of halogens is 1. The molecule has 0 aliphatic heterocycles. The molecular formula is C22H30ClNO. The number of aromatic hydroxyl groups is 1. The normalized spacial score (nSPS) is 11.6. The Morgan fingerprint density at radius 3 is 2.52 bits per heavy atom. The first-order valence-electron chi connectivity index (χ1n) is 9.56. The summed E-state index contributed by atoms with van der Waals surface area (Å²) in [6.07, 6.45) is 15.5. The average Bonchev–Trinajstić information content (AvgIpc) is 2.60. The largest absolute Gasteiger partial charge is 0.506 e. The molecule has 2 nitrogen and oxygen atoms in total. The number of phenols is 1. The molecule has 0 aliphatic carbocycles. The zero-order valence-corrected chi connectivity index (χ0v) is 16.3. The molecule has 0 aliphatic rings. The Bertz CT molecular complexity index is 709. The highest BCUT2D eigenvalue weighted by molar-refractivity contribution is 6.35. The molecule has 0 unspecified atom stereocenters. The van der Waals surface area contributed by atoms with Gasteiger partial charge in [0.2, 0.25) is 0 Å². The van der Waals surface area contributed by atoms with Crippen molar-refractivity contribution in [2.24, 2.45) is 0 Å². The van der Waals surface area contributed by atoms with Crippen LogP contribution in [0.2, 0.25) is 5.02 Å². The highest BCUT2D eigenvalue weighted by Crippen LogP contribution is 2.31. The van der Waals surface area contributed by atoms with Crippen LogP contribution >= 0.6 is 11.6 Å². The van der Waals surface area contributed by atoms with Crippen molar-refractivity contribution in [3.63, 3.8) is 0 Å². The van der Waals surface area contributed by atoms with E-state index in [0.717, 1.165) is 29.5 Å². The lowest BCUT2D eigenvalue weighted by atomic mass is 10.0. The van der Waals surface area contributed by atoms with E-state index in [9.17, 15) is 5.11 Å². The van der Waals surface area contributed by atoms with Crippen molar-refractivity contribution in [3.8, 4) is 5.75 Å². The Morgan fingerprint density at radius 1 is 1.04 bits per heavy atom. The second-order valence-electron chi connectivity index (χ2n) is 6.78. The second-order valence-corrected chi connectivity index (χ2v) is 7.19. The van der Waals surface area contributed by atoms with Gasteiger partial charge in [0, 0.05) is 11.1 Å². The number of benzene rings is 1. The fourth-order valence-corrected chi connectivity index (χ4v) is 3.28. The number of fused-ring (bicyclic) bond motifs is 1. The Balaban J connectivity index is 1.79. The third-order valence-electron chi connectivity index (χ3n) is 4.63. The number of allylic oxidation sites excluding steroid dienone is 2. The van der Waals surface area contributed by atoms with Gasteiger partial charge in [0.25, 0.3) is 0 Å². The van der Waals surface area contributed by atoms with Gasteiger partial charge in [0.15, 0.2) is 0 Å². The molecule has 2 rings (SSSR count). The van der Waals surface area contributed by atoms with Crippen LogP contribution in [-0.2, 0) is 6.42 Å². The van der Waals surface area contributed by atoms with Crippen molar-refractivity contribution in [1.82, 2.24) is 4.98 Å². The minimum Gasteiger partial charge on any atom is -0.506 e. The van der Waals surface area contributed by atoms with Crippen LogP contribution in [0.4, 0.5) is 0 Å². The smallest absolute Gasteiger partial charge is 0.141 e. The Kier molecular flexibility index (Phi) is 8.27. The average molecular weight is 360 g/mol. The monoisotopic (exact) mass is 359 g/mol. The summed E-state index contributed by atoms with van der Waals surface area (Å²) in [7, 11) is 0. The molecule has 1 heterocycles. The molecule has 0 saturated carbocycles. The van der Waals surface area contributed by atoms with Gasteiger partial charge in [-0.25, -0.2) is 4.98 Å². The maximum Gasteiger partial charge on any atom is 0.141 e. The third-order valence-corrected chi connectivity index (χ3v) is 4.96.